The number of aliphatic hydroxyl groups excluding tert-OH is 1. The van der Waals surface area contributed by atoms with Gasteiger partial charge in [-0.2, -0.15) is 0 Å². The summed E-state index contributed by atoms with van der Waals surface area (Å²) >= 11 is 0. The molecule has 0 bridgehead atoms. The van der Waals surface area contributed by atoms with Crippen molar-refractivity contribution in [2.75, 3.05) is 6.61 Å². The van der Waals surface area contributed by atoms with E-state index in [4.69, 9.17) is 0 Å². The van der Waals surface area contributed by atoms with Gasteiger partial charge in [-0.25, -0.2) is 0 Å². The molecule has 0 unspecified atom stereocenters. The molecule has 0 amide bonds. The Hall–Kier alpha value is 1.02. The third kappa shape index (κ3) is 4.05. The predicted octanol–water partition coefficient (Wildman–Crippen LogP) is -6.32. The second-order valence-corrected chi connectivity index (χ2v) is 4.14. The molecule has 0 aromatic rings. The van der Waals surface area contributed by atoms with Crippen molar-refractivity contribution in [1.29, 1.82) is 0 Å². The summed E-state index contributed by atoms with van der Waals surface area (Å²) < 4.78 is 0. The van der Waals surface area contributed by atoms with Gasteiger partial charge in [0.1, 0.15) is 0 Å². The molecule has 0 saturated heterocycles. The normalized spacial score (nSPS) is 16.9. The van der Waals surface area contributed by atoms with Gasteiger partial charge in [-0.15, -0.1) is 0 Å². The Morgan fingerprint density at radius 3 is 1.44 bits per heavy atom. The molecule has 1 N–H and O–H groups in total. The fourth-order valence-corrected chi connectivity index (χ4v) is 1.99. The maximum Gasteiger partial charge on any atom is 3.00 e. The minimum absolute atomic E-state index is 0. The van der Waals surface area contributed by atoms with Crippen LogP contribution in [0.4, 0.5) is 0 Å². The molecule has 0 aromatic carbocycles. The van der Waals surface area contributed by atoms with Crippen molar-refractivity contribution >= 4 is 0 Å². The number of aliphatic hydroxyl groups is 1. The van der Waals surface area contributed by atoms with Gasteiger partial charge in [-0.05, 0) is 37.5 Å². The van der Waals surface area contributed by atoms with E-state index in [0.717, 1.165) is 0 Å². The minimum Gasteiger partial charge on any atom is -1.00 e. The first-order valence-corrected chi connectivity index (χ1v) is 4.42. The number of allylic oxidation sites excluding steroid dienone is 3. The Bertz CT molecular complexity index is 283. The summed E-state index contributed by atoms with van der Waals surface area (Å²) in [5.41, 5.74) is 5.27. The van der Waals surface area contributed by atoms with Crippen molar-refractivity contribution in [3.63, 3.8) is 0 Å². The molecule has 16 heavy (non-hydrogen) atoms. The second kappa shape index (κ2) is 9.02. The molecule has 0 saturated carbocycles. The molecule has 0 heterocycles. The number of hydrogen-bond donors (Lipinski definition) is 1. The summed E-state index contributed by atoms with van der Waals surface area (Å²) in [6, 6.07) is 0. The average molecular weight is 320 g/mol. The zero-order chi connectivity index (χ0) is 9.52. The molecule has 0 fully saturated rings. The predicted molar refractivity (Wildman–Crippen MR) is 51.9 cm³/mol. The second-order valence-electron chi connectivity index (χ2n) is 4.14. The summed E-state index contributed by atoms with van der Waals surface area (Å²) in [5, 5.41) is 9.22. The summed E-state index contributed by atoms with van der Waals surface area (Å²) in [5.74, 6) is 0. The van der Waals surface area contributed by atoms with Crippen LogP contribution in [-0.2, 0) is 21.7 Å². The number of rotatable bonds is 1. The summed E-state index contributed by atoms with van der Waals surface area (Å²) in [6.45, 7) is 10.9. The van der Waals surface area contributed by atoms with Gasteiger partial charge in [0.2, 0.25) is 0 Å². The SMILES string of the molecule is CC1=C(C)C(C)(C)C(CO)=C1C.[Cl-].[Cl-].[Cl-].[Ti+3]. The Labute approximate surface area is 132 Å². The van der Waals surface area contributed by atoms with E-state index in [2.05, 4.69) is 34.6 Å². The van der Waals surface area contributed by atoms with Crippen LogP contribution in [-0.4, -0.2) is 11.7 Å². The fourth-order valence-electron chi connectivity index (χ4n) is 1.99. The molecule has 1 rings (SSSR count). The summed E-state index contributed by atoms with van der Waals surface area (Å²) in [7, 11) is 0. The Morgan fingerprint density at radius 1 is 0.938 bits per heavy atom. The van der Waals surface area contributed by atoms with Crippen LogP contribution < -0.4 is 37.2 Å². The number of halogens is 3. The molecule has 1 aliphatic rings. The quantitative estimate of drug-likeness (QED) is 0.477. The van der Waals surface area contributed by atoms with E-state index in [1.165, 1.54) is 22.3 Å². The van der Waals surface area contributed by atoms with Gasteiger partial charge in [0.15, 0.2) is 0 Å². The molecule has 0 atom stereocenters. The van der Waals surface area contributed by atoms with Crippen LogP contribution in [0.25, 0.3) is 0 Å². The molecule has 1 radical (unpaired) electrons. The van der Waals surface area contributed by atoms with E-state index in [1.807, 2.05) is 0 Å². The van der Waals surface area contributed by atoms with Gasteiger partial charge in [0.25, 0.3) is 0 Å². The van der Waals surface area contributed by atoms with Crippen molar-refractivity contribution < 1.29 is 64.0 Å². The van der Waals surface area contributed by atoms with Gasteiger partial charge in [-0.3, -0.25) is 0 Å². The smallest absolute Gasteiger partial charge is 1.00 e. The minimum atomic E-state index is 0. The molecule has 1 aliphatic carbocycles. The van der Waals surface area contributed by atoms with E-state index < -0.39 is 0 Å². The van der Waals surface area contributed by atoms with E-state index in [0.29, 0.717) is 0 Å². The van der Waals surface area contributed by atoms with Gasteiger partial charge in [-0.1, -0.05) is 19.4 Å². The van der Waals surface area contributed by atoms with E-state index in [1.54, 1.807) is 0 Å². The zero-order valence-corrected chi connectivity index (χ0v) is 14.1. The van der Waals surface area contributed by atoms with Crippen LogP contribution in [0.15, 0.2) is 22.3 Å². The van der Waals surface area contributed by atoms with Crippen LogP contribution in [0.2, 0.25) is 0 Å². The van der Waals surface area contributed by atoms with Crippen molar-refractivity contribution in [2.45, 2.75) is 34.6 Å². The third-order valence-electron chi connectivity index (χ3n) is 3.43. The van der Waals surface area contributed by atoms with E-state index in [9.17, 15) is 5.11 Å². The molecule has 0 aromatic heterocycles. The summed E-state index contributed by atoms with van der Waals surface area (Å²) in [6.07, 6.45) is 0. The standard InChI is InChI=1S/C11H18O.3ClH.Ti/c1-7-8(2)10(6-12)11(4,5)9(7)3;;;;/h12H,6H2,1-5H3;3*1H;/q;;;;+3/p-3. The first kappa shape index (κ1) is 25.8. The zero-order valence-electron chi connectivity index (χ0n) is 10.3. The van der Waals surface area contributed by atoms with Crippen LogP contribution in [0.3, 0.4) is 0 Å². The van der Waals surface area contributed by atoms with Crippen LogP contribution in [0.5, 0.6) is 0 Å². The number of hydrogen-bond acceptors (Lipinski definition) is 1. The summed E-state index contributed by atoms with van der Waals surface area (Å²) in [4.78, 5) is 0. The molecule has 1 nitrogen and oxygen atoms in total. The molecular weight excluding hydrogens is 302 g/mol. The van der Waals surface area contributed by atoms with Crippen molar-refractivity contribution in [3.8, 4) is 0 Å². The Morgan fingerprint density at radius 2 is 1.31 bits per heavy atom. The van der Waals surface area contributed by atoms with Crippen molar-refractivity contribution in [2.24, 2.45) is 5.41 Å². The van der Waals surface area contributed by atoms with Crippen LogP contribution in [0, 0.1) is 5.41 Å². The van der Waals surface area contributed by atoms with Gasteiger partial charge >= 0.3 is 21.7 Å². The molecular formula is C11H18Cl3OTi. The van der Waals surface area contributed by atoms with E-state index in [-0.39, 0.29) is 71.0 Å². The molecule has 0 aliphatic heterocycles. The van der Waals surface area contributed by atoms with Crippen molar-refractivity contribution in [1.82, 2.24) is 0 Å². The first-order chi connectivity index (χ1) is 5.42. The topological polar surface area (TPSA) is 20.2 Å². The average Bonchev–Trinajstić information content (AvgIpc) is 2.13. The van der Waals surface area contributed by atoms with E-state index >= 15 is 0 Å². The van der Waals surface area contributed by atoms with Gasteiger partial charge in [0, 0.05) is 5.41 Å². The Kier molecular flexibility index (Phi) is 14.5. The van der Waals surface area contributed by atoms with Gasteiger partial charge < -0.3 is 42.3 Å². The third-order valence-corrected chi connectivity index (χ3v) is 3.43. The fraction of sp³-hybridized carbons (Fsp3) is 0.636. The molecule has 93 valence electrons. The first-order valence-electron chi connectivity index (χ1n) is 4.42. The Balaban J connectivity index is -0.000000180. The van der Waals surface area contributed by atoms with Crippen LogP contribution >= 0.6 is 0 Å². The largest absolute Gasteiger partial charge is 3.00 e. The monoisotopic (exact) mass is 319 g/mol. The van der Waals surface area contributed by atoms with Gasteiger partial charge in [0.05, 0.1) is 6.61 Å². The van der Waals surface area contributed by atoms with Crippen molar-refractivity contribution in [3.05, 3.63) is 22.3 Å². The van der Waals surface area contributed by atoms with Crippen LogP contribution in [0.1, 0.15) is 34.6 Å². The molecule has 5 heteroatoms. The maximum atomic E-state index is 9.22. The molecule has 0 spiro atoms. The maximum absolute atomic E-state index is 9.22.